The number of benzene rings is 2. The van der Waals surface area contributed by atoms with Gasteiger partial charge in [-0.05, 0) is 42.0 Å². The summed E-state index contributed by atoms with van der Waals surface area (Å²) in [6.07, 6.45) is 0. The second-order valence-corrected chi connectivity index (χ2v) is 6.19. The molecule has 2 aromatic rings. The van der Waals surface area contributed by atoms with Gasteiger partial charge in [-0.25, -0.2) is 9.68 Å². The molecule has 4 nitrogen and oxygen atoms in total. The van der Waals surface area contributed by atoms with Gasteiger partial charge in [0.05, 0.1) is 5.56 Å². The quantitative estimate of drug-likeness (QED) is 0.474. The number of carbonyl (C=O) groups is 1. The van der Waals surface area contributed by atoms with Gasteiger partial charge >= 0.3 is 5.97 Å². The molecular weight excluding hydrogens is 296 g/mol. The molecule has 0 saturated heterocycles. The van der Waals surface area contributed by atoms with E-state index < -0.39 is 5.97 Å². The Bertz CT molecular complexity index is 567. The van der Waals surface area contributed by atoms with Crippen molar-refractivity contribution in [3.05, 3.63) is 59.7 Å². The monoisotopic (exact) mass is 308 g/mol. The summed E-state index contributed by atoms with van der Waals surface area (Å²) in [6.45, 7) is 0.175. The summed E-state index contributed by atoms with van der Waals surface area (Å²) in [6, 6.07) is 14.4. The molecule has 2 rings (SSSR count). The van der Waals surface area contributed by atoms with Gasteiger partial charge < -0.3 is 5.11 Å². The van der Waals surface area contributed by atoms with Crippen molar-refractivity contribution in [1.29, 1.82) is 0 Å². The Morgan fingerprint density at radius 3 is 1.90 bits per heavy atom. The van der Waals surface area contributed by atoms with Crippen LogP contribution in [0.1, 0.15) is 15.9 Å². The number of carboxylic acids is 1. The van der Waals surface area contributed by atoms with Crippen LogP contribution in [0.4, 0.5) is 0 Å². The molecule has 0 aliphatic carbocycles. The Morgan fingerprint density at radius 2 is 1.45 bits per heavy atom. The van der Waals surface area contributed by atoms with Gasteiger partial charge in [-0.15, -0.1) is 0 Å². The molecule has 0 bridgehead atoms. The molecule has 0 aliphatic heterocycles. The average molecular weight is 308 g/mol. The maximum Gasteiger partial charge on any atom is 0.335 e. The molecule has 2 N–H and O–H groups in total. The van der Waals surface area contributed by atoms with Crippen molar-refractivity contribution in [2.75, 3.05) is 0 Å². The number of carboxylic acid groups (broad SMARTS) is 1. The van der Waals surface area contributed by atoms with Gasteiger partial charge in [-0.2, -0.15) is 0 Å². The highest BCUT2D eigenvalue weighted by molar-refractivity contribution is 8.76. The summed E-state index contributed by atoms with van der Waals surface area (Å²) in [5.74, 6) is -0.920. The van der Waals surface area contributed by atoms with Crippen molar-refractivity contribution in [1.82, 2.24) is 0 Å². The smallest absolute Gasteiger partial charge is 0.335 e. The predicted molar refractivity (Wildman–Crippen MR) is 79.0 cm³/mol. The fourth-order valence-electron chi connectivity index (χ4n) is 1.47. The maximum atomic E-state index is 10.7. The van der Waals surface area contributed by atoms with E-state index in [9.17, 15) is 4.79 Å². The van der Waals surface area contributed by atoms with Crippen molar-refractivity contribution in [2.24, 2.45) is 0 Å². The third-order valence-electron chi connectivity index (χ3n) is 2.49. The zero-order chi connectivity index (χ0) is 14.4. The minimum Gasteiger partial charge on any atom is -0.478 e. The van der Waals surface area contributed by atoms with Crippen LogP contribution in [0.15, 0.2) is 58.3 Å². The van der Waals surface area contributed by atoms with E-state index in [0.29, 0.717) is 0 Å². The van der Waals surface area contributed by atoms with E-state index >= 15 is 0 Å². The first-order valence-electron chi connectivity index (χ1n) is 5.72. The largest absolute Gasteiger partial charge is 0.478 e. The first kappa shape index (κ1) is 14.9. The van der Waals surface area contributed by atoms with Gasteiger partial charge in [0.2, 0.25) is 0 Å². The zero-order valence-corrected chi connectivity index (χ0v) is 12.0. The van der Waals surface area contributed by atoms with E-state index in [1.807, 2.05) is 24.3 Å². The Kier molecular flexibility index (Phi) is 5.49. The molecule has 0 radical (unpaired) electrons. The summed E-state index contributed by atoms with van der Waals surface area (Å²) >= 11 is 0. The summed E-state index contributed by atoms with van der Waals surface area (Å²) in [5, 5.41) is 17.2. The van der Waals surface area contributed by atoms with E-state index in [1.165, 1.54) is 0 Å². The molecule has 0 unspecified atom stereocenters. The number of rotatable bonds is 6. The Morgan fingerprint density at radius 1 is 0.950 bits per heavy atom. The third kappa shape index (κ3) is 4.28. The molecule has 2 aromatic carbocycles. The van der Waals surface area contributed by atoms with Crippen LogP contribution < -0.4 is 0 Å². The minimum atomic E-state index is -0.920. The van der Waals surface area contributed by atoms with Crippen molar-refractivity contribution in [2.45, 2.75) is 16.4 Å². The van der Waals surface area contributed by atoms with Crippen LogP contribution in [0.5, 0.6) is 0 Å². The van der Waals surface area contributed by atoms with Crippen LogP contribution in [0.3, 0.4) is 0 Å². The molecule has 0 spiro atoms. The fraction of sp³-hybridized carbons (Fsp3) is 0.0714. The maximum absolute atomic E-state index is 10.7. The molecule has 0 fully saturated rings. The highest BCUT2D eigenvalue weighted by atomic mass is 33.1. The highest BCUT2D eigenvalue weighted by Gasteiger charge is 2.03. The van der Waals surface area contributed by atoms with E-state index in [2.05, 4.69) is 4.89 Å². The SMILES string of the molecule is O=C(O)c1ccc(SSc2ccc(COO)cc2)cc1. The molecule has 0 heterocycles. The van der Waals surface area contributed by atoms with Crippen molar-refractivity contribution < 1.29 is 20.0 Å². The Balaban J connectivity index is 1.92. The normalized spacial score (nSPS) is 10.4. The molecular formula is C14H12O4S2. The second kappa shape index (κ2) is 7.35. The first-order valence-corrected chi connectivity index (χ1v) is 7.87. The second-order valence-electron chi connectivity index (χ2n) is 3.91. The van der Waals surface area contributed by atoms with Gasteiger partial charge in [-0.1, -0.05) is 33.7 Å². The van der Waals surface area contributed by atoms with E-state index in [1.54, 1.807) is 45.9 Å². The molecule has 0 aromatic heterocycles. The summed E-state index contributed by atoms with van der Waals surface area (Å²) < 4.78 is 0. The molecule has 0 aliphatic rings. The van der Waals surface area contributed by atoms with Crippen LogP contribution >= 0.6 is 21.6 Å². The van der Waals surface area contributed by atoms with Crippen molar-refractivity contribution in [3.63, 3.8) is 0 Å². The Labute approximate surface area is 124 Å². The summed E-state index contributed by atoms with van der Waals surface area (Å²) in [4.78, 5) is 16.9. The minimum absolute atomic E-state index is 0.175. The average Bonchev–Trinajstić information content (AvgIpc) is 2.47. The van der Waals surface area contributed by atoms with Gasteiger partial charge in [0.15, 0.2) is 0 Å². The van der Waals surface area contributed by atoms with E-state index in [0.717, 1.165) is 15.4 Å². The van der Waals surface area contributed by atoms with Crippen LogP contribution in [-0.4, -0.2) is 16.3 Å². The van der Waals surface area contributed by atoms with Crippen molar-refractivity contribution >= 4 is 27.6 Å². The molecule has 20 heavy (non-hydrogen) atoms. The molecule has 0 saturated carbocycles. The van der Waals surface area contributed by atoms with Crippen LogP contribution in [0.2, 0.25) is 0 Å². The standard InChI is InChI=1S/C14H12O4S2/c15-14(16)11-3-7-13(8-4-11)20-19-12-5-1-10(2-6-12)9-18-17/h1-8,17H,9H2,(H,15,16). The van der Waals surface area contributed by atoms with Crippen molar-refractivity contribution in [3.8, 4) is 0 Å². The highest BCUT2D eigenvalue weighted by Crippen LogP contribution is 2.37. The van der Waals surface area contributed by atoms with Crippen LogP contribution in [-0.2, 0) is 11.5 Å². The summed E-state index contributed by atoms with van der Waals surface area (Å²) in [5.41, 5.74) is 1.18. The fourth-order valence-corrected chi connectivity index (χ4v) is 3.40. The third-order valence-corrected chi connectivity index (χ3v) is 4.91. The number of aromatic carboxylic acids is 1. The molecule has 104 valence electrons. The topological polar surface area (TPSA) is 66.8 Å². The molecule has 6 heteroatoms. The van der Waals surface area contributed by atoms with Gasteiger partial charge in [0, 0.05) is 9.79 Å². The number of hydrogen-bond acceptors (Lipinski definition) is 5. The molecule has 0 atom stereocenters. The van der Waals surface area contributed by atoms with E-state index in [4.69, 9.17) is 10.4 Å². The zero-order valence-electron chi connectivity index (χ0n) is 10.4. The van der Waals surface area contributed by atoms with Gasteiger partial charge in [-0.3, -0.25) is 5.26 Å². The van der Waals surface area contributed by atoms with Crippen LogP contribution in [0, 0.1) is 0 Å². The Hall–Kier alpha value is -1.47. The van der Waals surface area contributed by atoms with Gasteiger partial charge in [0.1, 0.15) is 6.61 Å². The first-order chi connectivity index (χ1) is 9.69. The van der Waals surface area contributed by atoms with E-state index in [-0.39, 0.29) is 12.2 Å². The number of hydrogen-bond donors (Lipinski definition) is 2. The van der Waals surface area contributed by atoms with Gasteiger partial charge in [0.25, 0.3) is 0 Å². The lowest BCUT2D eigenvalue weighted by Crippen LogP contribution is -1.94. The lowest BCUT2D eigenvalue weighted by atomic mass is 10.2. The predicted octanol–water partition coefficient (Wildman–Crippen LogP) is 4.17. The lowest BCUT2D eigenvalue weighted by molar-refractivity contribution is -0.253. The van der Waals surface area contributed by atoms with Crippen LogP contribution in [0.25, 0.3) is 0 Å². The summed E-state index contributed by atoms with van der Waals surface area (Å²) in [7, 11) is 3.14. The molecule has 0 amide bonds. The lowest BCUT2D eigenvalue weighted by Gasteiger charge is -2.03.